The fraction of sp³-hybridized carbons (Fsp3) is 0.571. The van der Waals surface area contributed by atoms with Crippen molar-refractivity contribution in [3.8, 4) is 5.75 Å². The lowest BCUT2D eigenvalue weighted by atomic mass is 10.2. The zero-order valence-corrected chi connectivity index (χ0v) is 12.6. The number of pyridine rings is 1. The van der Waals surface area contributed by atoms with Gasteiger partial charge in [-0.3, -0.25) is 14.5 Å². The molecule has 0 aromatic carbocycles. The Morgan fingerprint density at radius 1 is 1.48 bits per heavy atom. The molecule has 0 saturated carbocycles. The van der Waals surface area contributed by atoms with E-state index < -0.39 is 11.4 Å². The number of aliphatic carboxylic acids is 1. The maximum absolute atomic E-state index is 11.7. The monoisotopic (exact) mass is 298 g/mol. The fourth-order valence-electron chi connectivity index (χ4n) is 2.09. The Kier molecular flexibility index (Phi) is 6.39. The molecule has 1 rings (SSSR count). The van der Waals surface area contributed by atoms with Crippen molar-refractivity contribution in [2.24, 2.45) is 0 Å². The second-order valence-corrected chi connectivity index (χ2v) is 4.97. The SMILES string of the molecule is COCCn1c(C)cc(=O)c(O)c1CN(C)CCC(=O)O. The van der Waals surface area contributed by atoms with Gasteiger partial charge in [-0.15, -0.1) is 0 Å². The van der Waals surface area contributed by atoms with Gasteiger partial charge in [-0.2, -0.15) is 0 Å². The summed E-state index contributed by atoms with van der Waals surface area (Å²) in [6.07, 6.45) is 0.00534. The van der Waals surface area contributed by atoms with E-state index in [2.05, 4.69) is 0 Å². The van der Waals surface area contributed by atoms with Crippen LogP contribution in [0.25, 0.3) is 0 Å². The molecule has 0 aliphatic heterocycles. The maximum atomic E-state index is 11.7. The van der Waals surface area contributed by atoms with Gasteiger partial charge in [0.2, 0.25) is 5.43 Å². The van der Waals surface area contributed by atoms with Gasteiger partial charge in [-0.1, -0.05) is 0 Å². The van der Waals surface area contributed by atoms with Crippen LogP contribution in [0, 0.1) is 6.92 Å². The Bertz CT molecular complexity index is 553. The Hall–Kier alpha value is -1.86. The van der Waals surface area contributed by atoms with Gasteiger partial charge in [0.05, 0.1) is 18.7 Å². The van der Waals surface area contributed by atoms with Crippen molar-refractivity contribution in [2.75, 3.05) is 27.3 Å². The molecule has 118 valence electrons. The van der Waals surface area contributed by atoms with Crippen molar-refractivity contribution >= 4 is 5.97 Å². The maximum Gasteiger partial charge on any atom is 0.304 e. The van der Waals surface area contributed by atoms with E-state index in [1.165, 1.54) is 6.07 Å². The molecule has 0 unspecified atom stereocenters. The molecule has 0 saturated heterocycles. The molecule has 0 aliphatic rings. The molecular formula is C14H22N2O5. The summed E-state index contributed by atoms with van der Waals surface area (Å²) >= 11 is 0. The van der Waals surface area contributed by atoms with Crippen LogP contribution in [0.2, 0.25) is 0 Å². The summed E-state index contributed by atoms with van der Waals surface area (Å²) in [6.45, 7) is 3.38. The fourth-order valence-corrected chi connectivity index (χ4v) is 2.09. The van der Waals surface area contributed by atoms with Gasteiger partial charge in [0.1, 0.15) is 0 Å². The second kappa shape index (κ2) is 7.80. The van der Waals surface area contributed by atoms with Gasteiger partial charge < -0.3 is 19.5 Å². The smallest absolute Gasteiger partial charge is 0.304 e. The highest BCUT2D eigenvalue weighted by atomic mass is 16.5. The average Bonchev–Trinajstić information content (AvgIpc) is 2.41. The number of rotatable bonds is 8. The van der Waals surface area contributed by atoms with Crippen LogP contribution in [-0.4, -0.2) is 53.0 Å². The number of aromatic hydroxyl groups is 1. The van der Waals surface area contributed by atoms with Crippen LogP contribution in [0.1, 0.15) is 17.8 Å². The molecule has 7 heteroatoms. The van der Waals surface area contributed by atoms with E-state index in [4.69, 9.17) is 9.84 Å². The number of nitrogens with zero attached hydrogens (tertiary/aromatic N) is 2. The third kappa shape index (κ3) is 4.87. The van der Waals surface area contributed by atoms with Gasteiger partial charge >= 0.3 is 5.97 Å². The molecule has 21 heavy (non-hydrogen) atoms. The van der Waals surface area contributed by atoms with E-state index in [0.29, 0.717) is 31.9 Å². The van der Waals surface area contributed by atoms with Crippen molar-refractivity contribution in [1.82, 2.24) is 9.47 Å². The topological polar surface area (TPSA) is 92.0 Å². The quantitative estimate of drug-likeness (QED) is 0.722. The lowest BCUT2D eigenvalue weighted by Crippen LogP contribution is -2.26. The van der Waals surface area contributed by atoms with Crippen molar-refractivity contribution in [1.29, 1.82) is 0 Å². The van der Waals surface area contributed by atoms with Gasteiger partial charge in [0.15, 0.2) is 5.75 Å². The summed E-state index contributed by atoms with van der Waals surface area (Å²) in [6, 6.07) is 1.38. The zero-order valence-electron chi connectivity index (χ0n) is 12.6. The number of methoxy groups -OCH3 is 1. The number of aromatic nitrogens is 1. The average molecular weight is 298 g/mol. The number of hydrogen-bond donors (Lipinski definition) is 2. The number of carboxylic acid groups (broad SMARTS) is 1. The third-order valence-electron chi connectivity index (χ3n) is 3.24. The summed E-state index contributed by atoms with van der Waals surface area (Å²) in [5.41, 5.74) is 0.782. The Labute approximate surface area is 123 Å². The summed E-state index contributed by atoms with van der Waals surface area (Å²) < 4.78 is 6.85. The molecule has 0 radical (unpaired) electrons. The van der Waals surface area contributed by atoms with Crippen molar-refractivity contribution in [2.45, 2.75) is 26.4 Å². The normalized spacial score (nSPS) is 11.0. The molecule has 2 N–H and O–H groups in total. The second-order valence-electron chi connectivity index (χ2n) is 4.97. The molecule has 0 bridgehead atoms. The molecule has 0 fully saturated rings. The zero-order chi connectivity index (χ0) is 16.0. The minimum atomic E-state index is -0.882. The van der Waals surface area contributed by atoms with Gasteiger partial charge in [-0.05, 0) is 14.0 Å². The van der Waals surface area contributed by atoms with E-state index in [-0.39, 0.29) is 12.2 Å². The summed E-state index contributed by atoms with van der Waals surface area (Å²) in [4.78, 5) is 24.1. The minimum Gasteiger partial charge on any atom is -0.503 e. The predicted octanol–water partition coefficient (Wildman–Crippen LogP) is 0.415. The summed E-state index contributed by atoms with van der Waals surface area (Å²) in [5.74, 6) is -1.18. The Morgan fingerprint density at radius 2 is 2.14 bits per heavy atom. The molecule has 0 amide bonds. The van der Waals surface area contributed by atoms with E-state index in [1.54, 1.807) is 26.0 Å². The first-order chi connectivity index (χ1) is 9.86. The van der Waals surface area contributed by atoms with Crippen LogP contribution >= 0.6 is 0 Å². The van der Waals surface area contributed by atoms with Crippen LogP contribution in [0.3, 0.4) is 0 Å². The van der Waals surface area contributed by atoms with Crippen molar-refractivity contribution < 1.29 is 19.7 Å². The Morgan fingerprint density at radius 3 is 2.71 bits per heavy atom. The van der Waals surface area contributed by atoms with E-state index in [1.807, 2.05) is 4.57 Å². The lowest BCUT2D eigenvalue weighted by Gasteiger charge is -2.22. The third-order valence-corrected chi connectivity index (χ3v) is 3.24. The summed E-state index contributed by atoms with van der Waals surface area (Å²) in [7, 11) is 3.33. The van der Waals surface area contributed by atoms with Crippen LogP contribution < -0.4 is 5.43 Å². The first-order valence-electron chi connectivity index (χ1n) is 6.68. The van der Waals surface area contributed by atoms with E-state index >= 15 is 0 Å². The Balaban J connectivity index is 3.02. The first kappa shape index (κ1) is 17.2. The molecule has 0 spiro atoms. The van der Waals surface area contributed by atoms with Crippen molar-refractivity contribution in [3.63, 3.8) is 0 Å². The predicted molar refractivity (Wildman–Crippen MR) is 77.6 cm³/mol. The standard InChI is InChI=1S/C14H22N2O5/c1-10-8-12(17)14(20)11(16(10)6-7-21-3)9-15(2)5-4-13(18)19/h8,20H,4-7,9H2,1-3H3,(H,18,19). The molecule has 1 heterocycles. The van der Waals surface area contributed by atoms with Gasteiger partial charge in [0, 0.05) is 38.5 Å². The van der Waals surface area contributed by atoms with Crippen LogP contribution in [-0.2, 0) is 22.6 Å². The number of carboxylic acids is 1. The molecule has 0 aliphatic carbocycles. The summed E-state index contributed by atoms with van der Waals surface area (Å²) in [5, 5.41) is 18.7. The largest absolute Gasteiger partial charge is 0.503 e. The highest BCUT2D eigenvalue weighted by molar-refractivity contribution is 5.66. The molecule has 7 nitrogen and oxygen atoms in total. The number of ether oxygens (including phenoxy) is 1. The number of hydrogen-bond acceptors (Lipinski definition) is 5. The van der Waals surface area contributed by atoms with Crippen LogP contribution in [0.4, 0.5) is 0 Å². The van der Waals surface area contributed by atoms with E-state index in [0.717, 1.165) is 5.69 Å². The molecule has 0 atom stereocenters. The minimum absolute atomic E-state index is 0.00534. The molecule has 1 aromatic heterocycles. The van der Waals surface area contributed by atoms with Crippen LogP contribution in [0.5, 0.6) is 5.75 Å². The molecule has 1 aromatic rings. The highest BCUT2D eigenvalue weighted by Gasteiger charge is 2.15. The number of aryl methyl sites for hydroxylation is 1. The number of carbonyl (C=O) groups is 1. The highest BCUT2D eigenvalue weighted by Crippen LogP contribution is 2.16. The van der Waals surface area contributed by atoms with Crippen LogP contribution in [0.15, 0.2) is 10.9 Å². The van der Waals surface area contributed by atoms with Gasteiger partial charge in [-0.25, -0.2) is 0 Å². The van der Waals surface area contributed by atoms with E-state index in [9.17, 15) is 14.7 Å². The molecular weight excluding hydrogens is 276 g/mol. The van der Waals surface area contributed by atoms with Crippen molar-refractivity contribution in [3.05, 3.63) is 27.7 Å². The first-order valence-corrected chi connectivity index (χ1v) is 6.68. The lowest BCUT2D eigenvalue weighted by molar-refractivity contribution is -0.137. The van der Waals surface area contributed by atoms with Gasteiger partial charge in [0.25, 0.3) is 0 Å².